The van der Waals surface area contributed by atoms with Crippen LogP contribution in [-0.4, -0.2) is 17.5 Å². The van der Waals surface area contributed by atoms with Crippen molar-refractivity contribution in [3.8, 4) is 0 Å². The van der Waals surface area contributed by atoms with Crippen LogP contribution in [0.3, 0.4) is 0 Å². The van der Waals surface area contributed by atoms with Crippen LogP contribution < -0.4 is 9.88 Å². The standard InChI is InChI=1S/C8H13N3O/c1-4-11-6-5-10(3)8(11)7(12)9-2/h5-6H,4H2,1-3H3/p+1. The molecule has 66 valence electrons. The van der Waals surface area contributed by atoms with E-state index in [4.69, 9.17) is 0 Å². The predicted molar refractivity (Wildman–Crippen MR) is 44.7 cm³/mol. The Balaban J connectivity index is 3.10. The maximum Gasteiger partial charge on any atom is 0.347 e. The van der Waals surface area contributed by atoms with Gasteiger partial charge in [-0.15, -0.1) is 0 Å². The third-order valence-electron chi connectivity index (χ3n) is 1.85. The first-order valence-electron chi connectivity index (χ1n) is 3.97. The van der Waals surface area contributed by atoms with Crippen molar-refractivity contribution in [3.63, 3.8) is 0 Å². The second kappa shape index (κ2) is 3.38. The fourth-order valence-corrected chi connectivity index (χ4v) is 1.18. The van der Waals surface area contributed by atoms with Crippen LogP contribution in [0.5, 0.6) is 0 Å². The van der Waals surface area contributed by atoms with Crippen LogP contribution in [0.4, 0.5) is 0 Å². The Labute approximate surface area is 71.8 Å². The predicted octanol–water partition coefficient (Wildman–Crippen LogP) is -0.308. The van der Waals surface area contributed by atoms with E-state index in [-0.39, 0.29) is 5.91 Å². The first kappa shape index (κ1) is 8.77. The minimum absolute atomic E-state index is 0.0515. The Bertz CT molecular complexity index is 290. The maximum absolute atomic E-state index is 11.3. The molecular formula is C8H14N3O+. The van der Waals surface area contributed by atoms with Gasteiger partial charge in [-0.2, -0.15) is 0 Å². The summed E-state index contributed by atoms with van der Waals surface area (Å²) in [5.74, 6) is 0.629. The molecule has 1 aromatic rings. The van der Waals surface area contributed by atoms with Crippen LogP contribution >= 0.6 is 0 Å². The monoisotopic (exact) mass is 168 g/mol. The molecule has 0 spiro atoms. The maximum atomic E-state index is 11.3. The number of hydrogen-bond donors (Lipinski definition) is 1. The first-order chi connectivity index (χ1) is 5.70. The van der Waals surface area contributed by atoms with E-state index in [1.807, 2.05) is 35.5 Å². The van der Waals surface area contributed by atoms with Crippen LogP contribution in [0, 0.1) is 0 Å². The summed E-state index contributed by atoms with van der Waals surface area (Å²) in [7, 11) is 3.49. The van der Waals surface area contributed by atoms with E-state index >= 15 is 0 Å². The molecule has 0 bridgehead atoms. The lowest BCUT2D eigenvalue weighted by molar-refractivity contribution is -0.673. The highest BCUT2D eigenvalue weighted by molar-refractivity contribution is 5.89. The van der Waals surface area contributed by atoms with E-state index in [9.17, 15) is 4.79 Å². The Morgan fingerprint density at radius 3 is 2.92 bits per heavy atom. The SMILES string of the molecule is CCn1cc[n+](C)c1C(=O)NC. The largest absolute Gasteiger partial charge is 0.349 e. The van der Waals surface area contributed by atoms with Crippen molar-refractivity contribution in [1.82, 2.24) is 9.88 Å². The third-order valence-corrected chi connectivity index (χ3v) is 1.85. The fourth-order valence-electron chi connectivity index (χ4n) is 1.18. The summed E-state index contributed by atoms with van der Waals surface area (Å²) in [4.78, 5) is 11.3. The number of aryl methyl sites for hydroxylation is 2. The Morgan fingerprint density at radius 2 is 2.42 bits per heavy atom. The van der Waals surface area contributed by atoms with Gasteiger partial charge >= 0.3 is 11.7 Å². The number of rotatable bonds is 2. The van der Waals surface area contributed by atoms with Crippen molar-refractivity contribution >= 4 is 5.91 Å². The zero-order chi connectivity index (χ0) is 9.14. The van der Waals surface area contributed by atoms with E-state index in [0.717, 1.165) is 6.54 Å². The van der Waals surface area contributed by atoms with E-state index in [0.29, 0.717) is 5.82 Å². The zero-order valence-electron chi connectivity index (χ0n) is 7.66. The quantitative estimate of drug-likeness (QED) is 0.604. The van der Waals surface area contributed by atoms with E-state index in [1.54, 1.807) is 7.05 Å². The van der Waals surface area contributed by atoms with Crippen LogP contribution in [0.25, 0.3) is 0 Å². The molecule has 0 saturated heterocycles. The average Bonchev–Trinajstić information content (AvgIpc) is 2.45. The number of nitrogens with one attached hydrogen (secondary N) is 1. The third kappa shape index (κ3) is 1.32. The molecule has 0 radical (unpaired) electrons. The van der Waals surface area contributed by atoms with Crippen molar-refractivity contribution in [2.75, 3.05) is 7.05 Å². The number of nitrogens with zero attached hydrogens (tertiary/aromatic N) is 2. The molecule has 1 rings (SSSR count). The smallest absolute Gasteiger partial charge is 0.347 e. The highest BCUT2D eigenvalue weighted by atomic mass is 16.2. The Kier molecular flexibility index (Phi) is 2.47. The molecule has 0 saturated carbocycles. The van der Waals surface area contributed by atoms with Gasteiger partial charge in [0, 0.05) is 7.05 Å². The molecule has 4 nitrogen and oxygen atoms in total. The second-order valence-corrected chi connectivity index (χ2v) is 2.60. The summed E-state index contributed by atoms with van der Waals surface area (Å²) < 4.78 is 3.71. The molecule has 0 aliphatic rings. The van der Waals surface area contributed by atoms with Crippen molar-refractivity contribution < 1.29 is 9.36 Å². The highest BCUT2D eigenvalue weighted by Gasteiger charge is 2.20. The molecule has 1 heterocycles. The van der Waals surface area contributed by atoms with Gasteiger partial charge in [-0.3, -0.25) is 4.79 Å². The lowest BCUT2D eigenvalue weighted by Gasteiger charge is -1.97. The Hall–Kier alpha value is -1.32. The second-order valence-electron chi connectivity index (χ2n) is 2.60. The topological polar surface area (TPSA) is 37.9 Å². The molecule has 0 aliphatic carbocycles. The van der Waals surface area contributed by atoms with Gasteiger partial charge in [0.05, 0.1) is 13.6 Å². The molecule has 0 atom stereocenters. The van der Waals surface area contributed by atoms with E-state index < -0.39 is 0 Å². The Morgan fingerprint density at radius 1 is 1.75 bits per heavy atom. The van der Waals surface area contributed by atoms with Crippen LogP contribution in [-0.2, 0) is 13.6 Å². The first-order valence-corrected chi connectivity index (χ1v) is 3.97. The van der Waals surface area contributed by atoms with Gasteiger partial charge in [-0.05, 0) is 6.92 Å². The molecule has 0 unspecified atom stereocenters. The highest BCUT2D eigenvalue weighted by Crippen LogP contribution is 1.93. The number of amides is 1. The van der Waals surface area contributed by atoms with Crippen molar-refractivity contribution in [1.29, 1.82) is 0 Å². The van der Waals surface area contributed by atoms with E-state index in [1.165, 1.54) is 0 Å². The molecule has 0 fully saturated rings. The number of aromatic nitrogens is 2. The van der Waals surface area contributed by atoms with Crippen LogP contribution in [0.15, 0.2) is 12.4 Å². The normalized spacial score (nSPS) is 9.92. The van der Waals surface area contributed by atoms with Gasteiger partial charge in [0.25, 0.3) is 0 Å². The number of imidazole rings is 1. The molecule has 12 heavy (non-hydrogen) atoms. The van der Waals surface area contributed by atoms with Gasteiger partial charge in [0.15, 0.2) is 0 Å². The summed E-state index contributed by atoms with van der Waals surface area (Å²) in [5, 5.41) is 2.60. The van der Waals surface area contributed by atoms with Crippen LogP contribution in [0.2, 0.25) is 0 Å². The molecule has 1 N–H and O–H groups in total. The molecule has 4 heteroatoms. The lowest BCUT2D eigenvalue weighted by Crippen LogP contribution is -2.39. The summed E-state index contributed by atoms with van der Waals surface area (Å²) in [5.41, 5.74) is 0. The van der Waals surface area contributed by atoms with Crippen molar-refractivity contribution in [3.05, 3.63) is 18.2 Å². The summed E-state index contributed by atoms with van der Waals surface area (Å²) in [6, 6.07) is 0. The molecule has 0 aromatic carbocycles. The molecule has 1 amide bonds. The van der Waals surface area contributed by atoms with Gasteiger partial charge in [0.1, 0.15) is 12.4 Å². The van der Waals surface area contributed by atoms with E-state index in [2.05, 4.69) is 5.32 Å². The summed E-state index contributed by atoms with van der Waals surface area (Å²) in [6.45, 7) is 2.82. The number of hydrogen-bond acceptors (Lipinski definition) is 1. The number of carbonyl (C=O) groups excluding carboxylic acids is 1. The average molecular weight is 168 g/mol. The molecule has 0 aliphatic heterocycles. The summed E-state index contributed by atoms with van der Waals surface area (Å²) in [6.07, 6.45) is 3.76. The molecule has 1 aromatic heterocycles. The fraction of sp³-hybridized carbons (Fsp3) is 0.500. The van der Waals surface area contributed by atoms with Crippen LogP contribution in [0.1, 0.15) is 17.5 Å². The minimum Gasteiger partial charge on any atom is -0.349 e. The van der Waals surface area contributed by atoms with Gasteiger partial charge < -0.3 is 5.32 Å². The van der Waals surface area contributed by atoms with Gasteiger partial charge in [-0.25, -0.2) is 9.13 Å². The van der Waals surface area contributed by atoms with Crippen molar-refractivity contribution in [2.24, 2.45) is 7.05 Å². The van der Waals surface area contributed by atoms with Gasteiger partial charge in [-0.1, -0.05) is 0 Å². The molecular weight excluding hydrogens is 154 g/mol. The lowest BCUT2D eigenvalue weighted by atomic mass is 10.5. The zero-order valence-corrected chi connectivity index (χ0v) is 7.66. The minimum atomic E-state index is -0.0515. The number of carbonyl (C=O) groups is 1. The van der Waals surface area contributed by atoms with Crippen molar-refractivity contribution in [2.45, 2.75) is 13.5 Å². The van der Waals surface area contributed by atoms with Gasteiger partial charge in [0.2, 0.25) is 0 Å². The summed E-state index contributed by atoms with van der Waals surface area (Å²) >= 11 is 0.